The van der Waals surface area contributed by atoms with Crippen LogP contribution in [-0.2, 0) is 11.3 Å². The Morgan fingerprint density at radius 3 is 2.66 bits per heavy atom. The van der Waals surface area contributed by atoms with Crippen LogP contribution in [0.2, 0.25) is 0 Å². The quantitative estimate of drug-likeness (QED) is 0.553. The number of anilines is 1. The molecule has 150 valence electrons. The first-order valence-electron chi connectivity index (χ1n) is 9.43. The number of fused-ring (bicyclic) bond motifs is 2. The van der Waals surface area contributed by atoms with E-state index in [1.54, 1.807) is 39.6 Å². The summed E-state index contributed by atoms with van der Waals surface area (Å²) in [6.07, 6.45) is 3.25. The fraction of sp³-hybridized carbons (Fsp3) is 0.368. The third kappa shape index (κ3) is 3.48. The Labute approximate surface area is 166 Å². The molecule has 0 saturated carbocycles. The average molecular weight is 394 g/mol. The lowest BCUT2D eigenvalue weighted by molar-refractivity contribution is -0.117. The molecular weight excluding hydrogens is 372 g/mol. The number of hydrogen-bond acceptors (Lipinski definition) is 6. The lowest BCUT2D eigenvalue weighted by atomic mass is 10.1. The van der Waals surface area contributed by atoms with Gasteiger partial charge in [-0.2, -0.15) is 10.2 Å². The maximum atomic E-state index is 12.9. The van der Waals surface area contributed by atoms with Gasteiger partial charge in [0.15, 0.2) is 11.5 Å². The topological polar surface area (TPSA) is 111 Å². The van der Waals surface area contributed by atoms with Gasteiger partial charge < -0.3 is 5.32 Å². The molecule has 0 aliphatic carbocycles. The van der Waals surface area contributed by atoms with Gasteiger partial charge in [0.1, 0.15) is 18.4 Å². The van der Waals surface area contributed by atoms with E-state index in [-0.39, 0.29) is 29.8 Å². The van der Waals surface area contributed by atoms with Gasteiger partial charge in [-0.3, -0.25) is 14.0 Å². The van der Waals surface area contributed by atoms with Gasteiger partial charge in [0, 0.05) is 12.1 Å². The van der Waals surface area contributed by atoms with Crippen LogP contribution in [0.3, 0.4) is 0 Å². The molecule has 4 heterocycles. The molecule has 29 heavy (non-hydrogen) atoms. The first kappa shape index (κ1) is 18.8. The molecule has 0 fully saturated rings. The van der Waals surface area contributed by atoms with Crippen molar-refractivity contribution < 1.29 is 4.79 Å². The summed E-state index contributed by atoms with van der Waals surface area (Å²) in [6.45, 7) is 7.78. The molecule has 0 atom stereocenters. The number of nitrogens with one attached hydrogen (secondary N) is 1. The molecule has 0 aliphatic rings. The molecule has 10 heteroatoms. The van der Waals surface area contributed by atoms with Crippen molar-refractivity contribution in [3.8, 4) is 0 Å². The van der Waals surface area contributed by atoms with Crippen LogP contribution in [0.25, 0.3) is 11.2 Å². The molecule has 1 amide bonds. The molecule has 0 radical (unpaired) electrons. The number of rotatable bonds is 5. The van der Waals surface area contributed by atoms with E-state index in [0.717, 1.165) is 5.69 Å². The van der Waals surface area contributed by atoms with Crippen molar-refractivity contribution in [3.05, 3.63) is 52.6 Å². The molecule has 4 aromatic rings. The first-order chi connectivity index (χ1) is 13.8. The molecule has 0 unspecified atom stereocenters. The summed E-state index contributed by atoms with van der Waals surface area (Å²) in [7, 11) is 0. The number of aromatic nitrogens is 7. The van der Waals surface area contributed by atoms with Crippen LogP contribution < -0.4 is 10.9 Å². The van der Waals surface area contributed by atoms with Crippen LogP contribution in [0.5, 0.6) is 0 Å². The number of hydrogen-bond donors (Lipinski definition) is 1. The summed E-state index contributed by atoms with van der Waals surface area (Å²) in [5, 5.41) is 19.5. The first-order valence-corrected chi connectivity index (χ1v) is 9.43. The number of carbonyl (C=O) groups is 1. The maximum absolute atomic E-state index is 12.9. The van der Waals surface area contributed by atoms with Crippen molar-refractivity contribution in [2.24, 2.45) is 0 Å². The number of carbonyl (C=O) groups excluding carboxylic acids is 1. The third-order valence-electron chi connectivity index (χ3n) is 4.60. The van der Waals surface area contributed by atoms with E-state index < -0.39 is 0 Å². The molecule has 10 nitrogen and oxygen atoms in total. The minimum atomic E-state index is -0.352. The Balaban J connectivity index is 1.66. The lowest BCUT2D eigenvalue weighted by Gasteiger charge is -2.12. The van der Waals surface area contributed by atoms with E-state index in [1.807, 2.05) is 27.7 Å². The van der Waals surface area contributed by atoms with Crippen molar-refractivity contribution in [2.45, 2.75) is 46.1 Å². The minimum absolute atomic E-state index is 0.0310. The SMILES string of the molecule is CC(C)c1cc2c(=O)n(CC(=O)Nc3ccc4nncn4c3)nc(C(C)C)n2n1. The fourth-order valence-electron chi connectivity index (χ4n) is 3.06. The van der Waals surface area contributed by atoms with Gasteiger partial charge in [0.25, 0.3) is 5.56 Å². The van der Waals surface area contributed by atoms with Gasteiger partial charge in [0.2, 0.25) is 5.91 Å². The summed E-state index contributed by atoms with van der Waals surface area (Å²) in [6, 6.07) is 5.25. The van der Waals surface area contributed by atoms with Crippen molar-refractivity contribution in [1.29, 1.82) is 0 Å². The Morgan fingerprint density at radius 2 is 1.93 bits per heavy atom. The lowest BCUT2D eigenvalue weighted by Crippen LogP contribution is -2.32. The molecule has 0 aliphatic heterocycles. The van der Waals surface area contributed by atoms with Crippen LogP contribution in [-0.4, -0.2) is 39.9 Å². The highest BCUT2D eigenvalue weighted by atomic mass is 16.2. The zero-order chi connectivity index (χ0) is 20.7. The second kappa shape index (κ2) is 7.12. The molecule has 0 spiro atoms. The summed E-state index contributed by atoms with van der Waals surface area (Å²) in [5.41, 5.74) is 2.14. The summed E-state index contributed by atoms with van der Waals surface area (Å²) in [4.78, 5) is 25.5. The minimum Gasteiger partial charge on any atom is -0.323 e. The van der Waals surface area contributed by atoms with Gasteiger partial charge in [-0.05, 0) is 24.1 Å². The highest BCUT2D eigenvalue weighted by Gasteiger charge is 2.18. The second-order valence-corrected chi connectivity index (χ2v) is 7.56. The largest absolute Gasteiger partial charge is 0.323 e. The van der Waals surface area contributed by atoms with E-state index in [1.165, 1.54) is 4.68 Å². The molecule has 0 aromatic carbocycles. The zero-order valence-corrected chi connectivity index (χ0v) is 16.7. The standard InChI is InChI=1S/C19H22N8O2/c1-11(2)14-7-15-19(29)26(24-18(12(3)4)27(15)23-14)9-17(28)21-13-5-6-16-22-20-10-25(16)8-13/h5-8,10-12H,9H2,1-4H3,(H,21,28). The predicted octanol–water partition coefficient (Wildman–Crippen LogP) is 1.82. The Bertz CT molecular complexity index is 1260. The Hall–Kier alpha value is -3.56. The van der Waals surface area contributed by atoms with Crippen LogP contribution in [0, 0.1) is 0 Å². The molecule has 0 bridgehead atoms. The van der Waals surface area contributed by atoms with Crippen molar-refractivity contribution in [1.82, 2.24) is 34.0 Å². The number of nitrogens with zero attached hydrogens (tertiary/aromatic N) is 7. The van der Waals surface area contributed by atoms with E-state index in [2.05, 4.69) is 25.7 Å². The molecule has 0 saturated heterocycles. The predicted molar refractivity (Wildman–Crippen MR) is 107 cm³/mol. The maximum Gasteiger partial charge on any atom is 0.293 e. The van der Waals surface area contributed by atoms with Crippen LogP contribution >= 0.6 is 0 Å². The van der Waals surface area contributed by atoms with Crippen LogP contribution in [0.1, 0.15) is 51.0 Å². The normalized spacial score (nSPS) is 11.8. The van der Waals surface area contributed by atoms with E-state index in [4.69, 9.17) is 0 Å². The van der Waals surface area contributed by atoms with Gasteiger partial charge in [0.05, 0.1) is 11.4 Å². The van der Waals surface area contributed by atoms with E-state index in [9.17, 15) is 9.59 Å². The third-order valence-corrected chi connectivity index (χ3v) is 4.60. The summed E-state index contributed by atoms with van der Waals surface area (Å²) < 4.78 is 4.49. The van der Waals surface area contributed by atoms with Gasteiger partial charge >= 0.3 is 0 Å². The highest BCUT2D eigenvalue weighted by Crippen LogP contribution is 2.17. The number of amides is 1. The Morgan fingerprint density at radius 1 is 1.14 bits per heavy atom. The monoisotopic (exact) mass is 394 g/mol. The molecular formula is C19H22N8O2. The fourth-order valence-corrected chi connectivity index (χ4v) is 3.06. The summed E-state index contributed by atoms with van der Waals surface area (Å²) in [5.74, 6) is 0.488. The van der Waals surface area contributed by atoms with Gasteiger partial charge in [-0.25, -0.2) is 9.20 Å². The average Bonchev–Trinajstić information content (AvgIpc) is 3.30. The van der Waals surface area contributed by atoms with Crippen molar-refractivity contribution in [3.63, 3.8) is 0 Å². The van der Waals surface area contributed by atoms with Crippen molar-refractivity contribution in [2.75, 3.05) is 5.32 Å². The van der Waals surface area contributed by atoms with Crippen LogP contribution in [0.15, 0.2) is 35.5 Å². The van der Waals surface area contributed by atoms with E-state index >= 15 is 0 Å². The van der Waals surface area contributed by atoms with Crippen LogP contribution in [0.4, 0.5) is 5.69 Å². The smallest absolute Gasteiger partial charge is 0.293 e. The molecule has 4 rings (SSSR count). The van der Waals surface area contributed by atoms with Crippen molar-refractivity contribution >= 4 is 22.8 Å². The Kier molecular flexibility index (Phi) is 4.61. The zero-order valence-electron chi connectivity index (χ0n) is 16.7. The van der Waals surface area contributed by atoms with Gasteiger partial charge in [-0.15, -0.1) is 10.2 Å². The van der Waals surface area contributed by atoms with E-state index in [0.29, 0.717) is 22.7 Å². The second-order valence-electron chi connectivity index (χ2n) is 7.56. The number of pyridine rings is 1. The molecule has 4 aromatic heterocycles. The summed E-state index contributed by atoms with van der Waals surface area (Å²) >= 11 is 0. The van der Waals surface area contributed by atoms with Gasteiger partial charge in [-0.1, -0.05) is 27.7 Å². The highest BCUT2D eigenvalue weighted by molar-refractivity contribution is 5.90. The molecule has 1 N–H and O–H groups in total.